The van der Waals surface area contributed by atoms with Gasteiger partial charge >= 0.3 is 0 Å². The monoisotopic (exact) mass is 621 g/mol. The Morgan fingerprint density at radius 1 is 1.16 bits per heavy atom. The largest absolute Gasteiger partial charge is 0.485 e. The molecule has 0 bridgehead atoms. The molecule has 2 aromatic heterocycles. The number of aliphatic hydroxyl groups is 1. The molecule has 6 rings (SSSR count). The Hall–Kier alpha value is -3.41. The number of rotatable bonds is 12. The van der Waals surface area contributed by atoms with E-state index in [2.05, 4.69) is 33.2 Å². The first-order chi connectivity index (χ1) is 20.9. The molecule has 4 heterocycles. The zero-order valence-corrected chi connectivity index (χ0v) is 26.3. The van der Waals surface area contributed by atoms with Crippen molar-refractivity contribution in [3.8, 4) is 5.75 Å². The van der Waals surface area contributed by atoms with E-state index in [1.807, 2.05) is 17.0 Å². The Morgan fingerprint density at radius 3 is 2.73 bits per heavy atom. The minimum atomic E-state index is -0.584. The van der Waals surface area contributed by atoms with Gasteiger partial charge in [-0.05, 0) is 80.3 Å². The number of nitrogens with one attached hydrogen (secondary N) is 1. The number of hydrogen-bond donors (Lipinski definition) is 2. The summed E-state index contributed by atoms with van der Waals surface area (Å²) in [7, 11) is 0. The number of aliphatic hydroxyl groups excluding tert-OH is 1. The number of likely N-dealkylation sites (tertiary alicyclic amines) is 1. The van der Waals surface area contributed by atoms with E-state index in [4.69, 9.17) is 9.15 Å². The standard InChI is InChI=1S/C33H41N5O5.H2S/c1-22-29-11-13-37(18-25(29)4-7-31(22)42-20-28-17-34-21-43-28)19-27(39)5-6-30(40)24-8-12-35-32(16-24)36-26-9-14-38(15-10-26)33(41)23-2-3-23;/h4,7-8,12,16-17,21,23,26-27,39H,2-3,5-6,9-11,13-15,18-20H2,1H3,(H,35,36);1H2/t27-;/m0./s1. The highest BCUT2D eigenvalue weighted by Crippen LogP contribution is 2.32. The smallest absolute Gasteiger partial charge is 0.225 e. The molecule has 11 heteroatoms. The van der Waals surface area contributed by atoms with Crippen LogP contribution in [0.5, 0.6) is 5.75 Å². The highest BCUT2D eigenvalue weighted by atomic mass is 32.1. The lowest BCUT2D eigenvalue weighted by Crippen LogP contribution is -2.43. The van der Waals surface area contributed by atoms with Crippen molar-refractivity contribution in [1.82, 2.24) is 19.8 Å². The summed E-state index contributed by atoms with van der Waals surface area (Å²) in [6.07, 6.45) is 9.54. The first kappa shape index (κ1) is 32.0. The number of pyridine rings is 1. The Bertz CT molecular complexity index is 1420. The minimum absolute atomic E-state index is 0. The fourth-order valence-electron chi connectivity index (χ4n) is 6.21. The number of nitrogens with zero attached hydrogens (tertiary/aromatic N) is 4. The molecule has 2 aliphatic heterocycles. The third-order valence-corrected chi connectivity index (χ3v) is 8.91. The number of hydrogen-bond acceptors (Lipinski definition) is 9. The number of anilines is 1. The van der Waals surface area contributed by atoms with Crippen LogP contribution in [0.3, 0.4) is 0 Å². The molecule has 1 saturated heterocycles. The Morgan fingerprint density at radius 2 is 1.98 bits per heavy atom. The quantitative estimate of drug-likeness (QED) is 0.286. The first-order valence-electron chi connectivity index (χ1n) is 15.5. The van der Waals surface area contributed by atoms with Gasteiger partial charge in [0.2, 0.25) is 5.91 Å². The number of ether oxygens (including phenoxy) is 1. The Balaban J connectivity index is 0.00000384. The molecule has 0 unspecified atom stereocenters. The highest BCUT2D eigenvalue weighted by molar-refractivity contribution is 7.59. The molecular formula is C33H43N5O5S. The van der Waals surface area contributed by atoms with Crippen molar-refractivity contribution in [3.05, 3.63) is 71.1 Å². The summed E-state index contributed by atoms with van der Waals surface area (Å²) in [4.78, 5) is 37.9. The van der Waals surface area contributed by atoms with Gasteiger partial charge in [0, 0.05) is 62.9 Å². The number of piperidine rings is 1. The number of aromatic nitrogens is 2. The predicted molar refractivity (Wildman–Crippen MR) is 171 cm³/mol. The van der Waals surface area contributed by atoms with Crippen LogP contribution in [-0.4, -0.2) is 74.9 Å². The lowest BCUT2D eigenvalue weighted by atomic mass is 9.94. The van der Waals surface area contributed by atoms with Gasteiger partial charge in [-0.15, -0.1) is 0 Å². The average Bonchev–Trinajstić information content (AvgIpc) is 3.74. The fourth-order valence-corrected chi connectivity index (χ4v) is 6.21. The van der Waals surface area contributed by atoms with Gasteiger partial charge in [0.1, 0.15) is 18.2 Å². The van der Waals surface area contributed by atoms with E-state index in [-0.39, 0.29) is 37.7 Å². The minimum Gasteiger partial charge on any atom is -0.485 e. The van der Waals surface area contributed by atoms with E-state index in [0.717, 1.165) is 69.6 Å². The molecule has 1 atom stereocenters. The van der Waals surface area contributed by atoms with Gasteiger partial charge in [0.25, 0.3) is 0 Å². The summed E-state index contributed by atoms with van der Waals surface area (Å²) in [5.74, 6) is 2.80. The predicted octanol–water partition coefficient (Wildman–Crippen LogP) is 4.26. The molecule has 2 N–H and O–H groups in total. The number of oxazole rings is 1. The van der Waals surface area contributed by atoms with Crippen LogP contribution >= 0.6 is 13.5 Å². The molecule has 3 aromatic rings. The third kappa shape index (κ3) is 7.99. The van der Waals surface area contributed by atoms with Crippen LogP contribution in [0.2, 0.25) is 0 Å². The number of carbonyl (C=O) groups is 2. The van der Waals surface area contributed by atoms with Crippen molar-refractivity contribution < 1.29 is 23.8 Å². The average molecular weight is 622 g/mol. The maximum absolute atomic E-state index is 13.0. The lowest BCUT2D eigenvalue weighted by molar-refractivity contribution is -0.133. The van der Waals surface area contributed by atoms with Crippen LogP contribution in [0.15, 0.2) is 47.5 Å². The highest BCUT2D eigenvalue weighted by Gasteiger charge is 2.35. The molecule has 0 radical (unpaired) electrons. The van der Waals surface area contributed by atoms with Gasteiger partial charge in [0.15, 0.2) is 17.9 Å². The zero-order valence-electron chi connectivity index (χ0n) is 25.3. The van der Waals surface area contributed by atoms with Crippen molar-refractivity contribution in [3.63, 3.8) is 0 Å². The van der Waals surface area contributed by atoms with E-state index in [9.17, 15) is 14.7 Å². The van der Waals surface area contributed by atoms with Crippen molar-refractivity contribution in [2.45, 2.75) is 77.2 Å². The second kappa shape index (κ2) is 14.6. The number of amides is 1. The van der Waals surface area contributed by atoms with Gasteiger partial charge < -0.3 is 24.5 Å². The molecule has 1 aliphatic carbocycles. The van der Waals surface area contributed by atoms with E-state index in [0.29, 0.717) is 42.6 Å². The summed E-state index contributed by atoms with van der Waals surface area (Å²) in [5.41, 5.74) is 4.30. The SMILES string of the molecule is Cc1c(OCc2cnco2)ccc2c1CCN(C[C@@H](O)CCC(=O)c1ccnc(NC3CCN(C(=O)C4CC4)CC3)c1)C2.S. The number of Topliss-reactive ketones (excluding diaryl/α,β-unsaturated/α-hetero) is 1. The van der Waals surface area contributed by atoms with Crippen molar-refractivity contribution in [1.29, 1.82) is 0 Å². The number of carbonyl (C=O) groups excluding carboxylic acids is 2. The molecule has 1 aromatic carbocycles. The lowest BCUT2D eigenvalue weighted by Gasteiger charge is -2.32. The number of fused-ring (bicyclic) bond motifs is 1. The van der Waals surface area contributed by atoms with Crippen molar-refractivity contribution in [2.24, 2.45) is 5.92 Å². The molecule has 1 amide bonds. The third-order valence-electron chi connectivity index (χ3n) is 8.91. The van der Waals surface area contributed by atoms with Crippen molar-refractivity contribution in [2.75, 3.05) is 31.5 Å². The second-order valence-electron chi connectivity index (χ2n) is 12.1. The maximum atomic E-state index is 13.0. The van der Waals surface area contributed by atoms with Crippen molar-refractivity contribution >= 4 is 31.0 Å². The van der Waals surface area contributed by atoms with E-state index in [1.54, 1.807) is 18.5 Å². The van der Waals surface area contributed by atoms with Crippen LogP contribution in [0.1, 0.15) is 71.3 Å². The van der Waals surface area contributed by atoms with Crippen LogP contribution in [-0.2, 0) is 24.4 Å². The van der Waals surface area contributed by atoms with E-state index in [1.165, 1.54) is 17.5 Å². The van der Waals surface area contributed by atoms with Crippen LogP contribution in [0.4, 0.5) is 5.82 Å². The van der Waals surface area contributed by atoms with Gasteiger partial charge in [-0.1, -0.05) is 6.07 Å². The van der Waals surface area contributed by atoms with E-state index >= 15 is 0 Å². The molecular weight excluding hydrogens is 578 g/mol. The fraction of sp³-hybridized carbons (Fsp3) is 0.515. The van der Waals surface area contributed by atoms with Gasteiger partial charge in [0.05, 0.1) is 12.3 Å². The Labute approximate surface area is 265 Å². The molecule has 10 nitrogen and oxygen atoms in total. The summed E-state index contributed by atoms with van der Waals surface area (Å²) >= 11 is 0. The summed E-state index contributed by atoms with van der Waals surface area (Å²) in [6, 6.07) is 7.89. The van der Waals surface area contributed by atoms with Gasteiger partial charge in [-0.2, -0.15) is 13.5 Å². The molecule has 2 fully saturated rings. The van der Waals surface area contributed by atoms with Gasteiger partial charge in [-0.25, -0.2) is 9.97 Å². The summed E-state index contributed by atoms with van der Waals surface area (Å²) in [6.45, 7) is 6.11. The second-order valence-corrected chi connectivity index (χ2v) is 12.1. The van der Waals surface area contributed by atoms with Crippen LogP contribution in [0, 0.1) is 12.8 Å². The molecule has 236 valence electrons. The van der Waals surface area contributed by atoms with Gasteiger partial charge in [-0.3, -0.25) is 14.5 Å². The number of benzene rings is 1. The zero-order chi connectivity index (χ0) is 29.8. The molecule has 44 heavy (non-hydrogen) atoms. The maximum Gasteiger partial charge on any atom is 0.225 e. The first-order valence-corrected chi connectivity index (χ1v) is 15.5. The summed E-state index contributed by atoms with van der Waals surface area (Å²) in [5, 5.41) is 14.2. The van der Waals surface area contributed by atoms with Crippen LogP contribution in [0.25, 0.3) is 0 Å². The topological polar surface area (TPSA) is 121 Å². The number of β-amino-alcohol motifs (C(OH)–C–C–N with tert-alkyl or cyclic N) is 1. The molecule has 3 aliphatic rings. The van der Waals surface area contributed by atoms with E-state index < -0.39 is 6.10 Å². The molecule has 1 saturated carbocycles. The van der Waals surface area contributed by atoms with Crippen LogP contribution < -0.4 is 10.1 Å². The molecule has 0 spiro atoms. The normalized spacial score (nSPS) is 17.8. The Kier molecular flexibility index (Phi) is 10.6. The number of ketones is 1. The summed E-state index contributed by atoms with van der Waals surface area (Å²) < 4.78 is 11.2.